The van der Waals surface area contributed by atoms with Gasteiger partial charge in [-0.25, -0.2) is 0 Å². The Kier molecular flexibility index (Phi) is 4.65. The summed E-state index contributed by atoms with van der Waals surface area (Å²) in [4.78, 5) is 7.19. The fourth-order valence-electron chi connectivity index (χ4n) is 4.97. The number of pyridine rings is 1. The second kappa shape index (κ2) is 6.93. The molecule has 3 fully saturated rings. The first kappa shape index (κ1) is 16.8. The highest BCUT2D eigenvalue weighted by Crippen LogP contribution is 2.43. The molecule has 3 aliphatic rings. The van der Waals surface area contributed by atoms with Crippen LogP contribution < -0.4 is 4.74 Å². The molecule has 4 nitrogen and oxygen atoms in total. The molecular weight excluding hydrogens is 312 g/mol. The van der Waals surface area contributed by atoms with Crippen molar-refractivity contribution in [2.75, 3.05) is 27.3 Å². The number of methoxy groups -OCH3 is 2. The summed E-state index contributed by atoms with van der Waals surface area (Å²) in [5.41, 5.74) is 2.24. The van der Waals surface area contributed by atoms with Gasteiger partial charge in [0.05, 0.1) is 18.7 Å². The van der Waals surface area contributed by atoms with E-state index in [1.807, 2.05) is 25.4 Å². The highest BCUT2D eigenvalue weighted by Gasteiger charge is 2.43. The monoisotopic (exact) mass is 340 g/mol. The summed E-state index contributed by atoms with van der Waals surface area (Å²) >= 11 is 0. The van der Waals surface area contributed by atoms with Crippen molar-refractivity contribution in [1.82, 2.24) is 9.88 Å². The Labute approximate surface area is 150 Å². The minimum Gasteiger partial charge on any atom is -0.497 e. The highest BCUT2D eigenvalue weighted by atomic mass is 16.5. The van der Waals surface area contributed by atoms with Gasteiger partial charge >= 0.3 is 0 Å². The molecule has 0 spiro atoms. The molecule has 0 saturated carbocycles. The van der Waals surface area contributed by atoms with Crippen LogP contribution in [0.25, 0.3) is 10.9 Å². The predicted octanol–water partition coefficient (Wildman–Crippen LogP) is 4.05. The van der Waals surface area contributed by atoms with E-state index in [1.54, 1.807) is 7.11 Å². The molecule has 5 rings (SSSR count). The second-order valence-electron chi connectivity index (χ2n) is 7.45. The first-order valence-corrected chi connectivity index (χ1v) is 9.44. The van der Waals surface area contributed by atoms with Crippen LogP contribution in [-0.2, 0) is 4.74 Å². The van der Waals surface area contributed by atoms with Crippen LogP contribution in [-0.4, -0.2) is 43.2 Å². The summed E-state index contributed by atoms with van der Waals surface area (Å²) in [5, 5.41) is 1.14. The fraction of sp³-hybridized carbons (Fsp3) is 0.571. The summed E-state index contributed by atoms with van der Waals surface area (Å²) < 4.78 is 11.5. The van der Waals surface area contributed by atoms with Crippen molar-refractivity contribution in [3.63, 3.8) is 0 Å². The van der Waals surface area contributed by atoms with E-state index in [2.05, 4.69) is 28.9 Å². The standard InChI is InChI=1S/C21H28N2O2/c1-4-14-13-23-10-8-15(14)11-20(23)21(25-3)17-7-9-22-19-6-5-16(24-2)12-18(17)19/h5-7,9,12,14-15,20-21H,4,8,10-11,13H2,1-3H3/t14?,15?,20?,21-/m1/s1. The Morgan fingerprint density at radius 3 is 2.84 bits per heavy atom. The van der Waals surface area contributed by atoms with Crippen molar-refractivity contribution in [3.05, 3.63) is 36.0 Å². The highest BCUT2D eigenvalue weighted by molar-refractivity contribution is 5.84. The first-order valence-electron chi connectivity index (χ1n) is 9.44. The number of nitrogens with zero attached hydrogens (tertiary/aromatic N) is 2. The molecule has 25 heavy (non-hydrogen) atoms. The van der Waals surface area contributed by atoms with Gasteiger partial charge in [0.15, 0.2) is 0 Å². The molecule has 2 aromatic rings. The molecule has 4 unspecified atom stereocenters. The van der Waals surface area contributed by atoms with E-state index < -0.39 is 0 Å². The third-order valence-electron chi connectivity index (χ3n) is 6.35. The summed E-state index contributed by atoms with van der Waals surface area (Å²) in [6, 6.07) is 8.68. The lowest BCUT2D eigenvalue weighted by Gasteiger charge is -2.52. The Hall–Kier alpha value is -1.65. The van der Waals surface area contributed by atoms with E-state index in [1.165, 1.54) is 37.9 Å². The lowest BCUT2D eigenvalue weighted by atomic mass is 9.72. The van der Waals surface area contributed by atoms with Crippen molar-refractivity contribution in [3.8, 4) is 5.75 Å². The van der Waals surface area contributed by atoms with Crippen LogP contribution in [0.1, 0.15) is 37.9 Å². The molecule has 0 N–H and O–H groups in total. The fourth-order valence-corrected chi connectivity index (χ4v) is 4.97. The molecule has 134 valence electrons. The first-order chi connectivity index (χ1) is 12.2. The average molecular weight is 340 g/mol. The van der Waals surface area contributed by atoms with E-state index in [-0.39, 0.29) is 6.10 Å². The van der Waals surface area contributed by atoms with Crippen molar-refractivity contribution in [1.29, 1.82) is 0 Å². The zero-order valence-electron chi connectivity index (χ0n) is 15.4. The van der Waals surface area contributed by atoms with Crippen LogP contribution in [0.5, 0.6) is 5.75 Å². The van der Waals surface area contributed by atoms with E-state index in [4.69, 9.17) is 9.47 Å². The SMILES string of the molecule is CCC1CN2CCC1CC2[C@H](OC)c1ccnc2ccc(OC)cc12. The molecule has 1 aromatic carbocycles. The summed E-state index contributed by atoms with van der Waals surface area (Å²) in [7, 11) is 3.56. The maximum Gasteiger partial charge on any atom is 0.119 e. The third-order valence-corrected chi connectivity index (χ3v) is 6.35. The molecule has 0 aliphatic carbocycles. The van der Waals surface area contributed by atoms with Gasteiger partial charge in [-0.05, 0) is 61.1 Å². The van der Waals surface area contributed by atoms with Gasteiger partial charge in [0.2, 0.25) is 0 Å². The van der Waals surface area contributed by atoms with Crippen molar-refractivity contribution < 1.29 is 9.47 Å². The molecular formula is C21H28N2O2. The van der Waals surface area contributed by atoms with Crippen LogP contribution in [0.15, 0.2) is 30.5 Å². The van der Waals surface area contributed by atoms with Crippen LogP contribution in [0, 0.1) is 11.8 Å². The summed E-state index contributed by atoms with van der Waals surface area (Å²) in [5.74, 6) is 2.57. The number of rotatable bonds is 5. The molecule has 0 amide bonds. The number of benzene rings is 1. The predicted molar refractivity (Wildman–Crippen MR) is 99.9 cm³/mol. The van der Waals surface area contributed by atoms with Crippen molar-refractivity contribution in [2.45, 2.75) is 38.3 Å². The van der Waals surface area contributed by atoms with Crippen LogP contribution in [0.4, 0.5) is 0 Å². The Balaban J connectivity index is 1.71. The summed E-state index contributed by atoms with van der Waals surface area (Å²) in [6.45, 7) is 4.76. The number of fused-ring (bicyclic) bond motifs is 4. The molecule has 1 aromatic heterocycles. The molecule has 4 heteroatoms. The minimum atomic E-state index is 0.0817. The maximum atomic E-state index is 6.07. The third kappa shape index (κ3) is 2.91. The average Bonchev–Trinajstić information content (AvgIpc) is 2.68. The second-order valence-corrected chi connectivity index (χ2v) is 7.45. The lowest BCUT2D eigenvalue weighted by Crippen LogP contribution is -2.55. The largest absolute Gasteiger partial charge is 0.497 e. The lowest BCUT2D eigenvalue weighted by molar-refractivity contribution is -0.0698. The smallest absolute Gasteiger partial charge is 0.119 e. The van der Waals surface area contributed by atoms with E-state index in [0.29, 0.717) is 6.04 Å². The topological polar surface area (TPSA) is 34.6 Å². The zero-order valence-corrected chi connectivity index (χ0v) is 15.4. The molecule has 0 radical (unpaired) electrons. The molecule has 5 atom stereocenters. The van der Waals surface area contributed by atoms with E-state index >= 15 is 0 Å². The Morgan fingerprint density at radius 2 is 2.16 bits per heavy atom. The number of aromatic nitrogens is 1. The minimum absolute atomic E-state index is 0.0817. The van der Waals surface area contributed by atoms with Crippen LogP contribution in [0.2, 0.25) is 0 Å². The number of hydrogen-bond acceptors (Lipinski definition) is 4. The van der Waals surface area contributed by atoms with Crippen molar-refractivity contribution >= 4 is 10.9 Å². The summed E-state index contributed by atoms with van der Waals surface area (Å²) in [6.07, 6.45) is 5.86. The number of piperidine rings is 3. The molecule has 4 heterocycles. The zero-order chi connectivity index (χ0) is 17.4. The quantitative estimate of drug-likeness (QED) is 0.822. The van der Waals surface area contributed by atoms with Gasteiger partial charge in [-0.15, -0.1) is 0 Å². The van der Waals surface area contributed by atoms with Gasteiger partial charge in [-0.3, -0.25) is 9.88 Å². The van der Waals surface area contributed by atoms with Gasteiger partial charge in [0.1, 0.15) is 5.75 Å². The normalized spacial score (nSPS) is 29.7. The van der Waals surface area contributed by atoms with Gasteiger partial charge in [0.25, 0.3) is 0 Å². The maximum absolute atomic E-state index is 6.07. The van der Waals surface area contributed by atoms with E-state index in [0.717, 1.165) is 28.5 Å². The van der Waals surface area contributed by atoms with Gasteiger partial charge in [0, 0.05) is 31.3 Å². The van der Waals surface area contributed by atoms with Crippen LogP contribution in [0.3, 0.4) is 0 Å². The van der Waals surface area contributed by atoms with Gasteiger partial charge in [-0.2, -0.15) is 0 Å². The molecule has 2 bridgehead atoms. The van der Waals surface area contributed by atoms with Gasteiger partial charge < -0.3 is 9.47 Å². The van der Waals surface area contributed by atoms with Crippen LogP contribution >= 0.6 is 0 Å². The molecule has 3 saturated heterocycles. The number of ether oxygens (including phenoxy) is 2. The Morgan fingerprint density at radius 1 is 1.28 bits per heavy atom. The Bertz CT molecular complexity index is 748. The molecule has 3 aliphatic heterocycles. The van der Waals surface area contributed by atoms with Crippen molar-refractivity contribution in [2.24, 2.45) is 11.8 Å². The number of hydrogen-bond donors (Lipinski definition) is 0. The van der Waals surface area contributed by atoms with E-state index in [9.17, 15) is 0 Å². The van der Waals surface area contributed by atoms with Gasteiger partial charge in [-0.1, -0.05) is 13.3 Å².